The van der Waals surface area contributed by atoms with E-state index in [1.807, 2.05) is 24.3 Å². The third-order valence-electron chi connectivity index (χ3n) is 4.27. The van der Waals surface area contributed by atoms with Gasteiger partial charge in [0.25, 0.3) is 11.0 Å². The van der Waals surface area contributed by atoms with Crippen molar-refractivity contribution in [1.82, 2.24) is 9.55 Å². The molecule has 4 nitrogen and oxygen atoms in total. The van der Waals surface area contributed by atoms with Crippen LogP contribution in [0.5, 0.6) is 10.9 Å². The lowest BCUT2D eigenvalue weighted by atomic mass is 10.3. The van der Waals surface area contributed by atoms with Crippen LogP contribution in [-0.4, -0.2) is 9.55 Å². The highest BCUT2D eigenvalue weighted by molar-refractivity contribution is 7.20. The van der Waals surface area contributed by atoms with E-state index >= 15 is 0 Å². The molecule has 2 aromatic carbocycles. The maximum Gasteiger partial charge on any atom is 0.279 e. The van der Waals surface area contributed by atoms with Crippen LogP contribution < -0.4 is 33.3 Å². The average Bonchev–Trinajstić information content (AvgIpc) is 3.07. The smallest absolute Gasteiger partial charge is 0.279 e. The number of fused-ring (bicyclic) bond motifs is 2. The predicted molar refractivity (Wildman–Crippen MR) is 93.2 cm³/mol. The monoisotopic (exact) mass is 451 g/mol. The summed E-state index contributed by atoms with van der Waals surface area (Å²) in [6, 6.07) is 14.3. The number of halogens is 1. The van der Waals surface area contributed by atoms with Crippen molar-refractivity contribution < 1.29 is 33.3 Å². The summed E-state index contributed by atoms with van der Waals surface area (Å²) >= 11 is 1.57. The summed E-state index contributed by atoms with van der Waals surface area (Å²) in [6.07, 6.45) is 0. The van der Waals surface area contributed by atoms with E-state index in [0.717, 1.165) is 22.5 Å². The van der Waals surface area contributed by atoms with Gasteiger partial charge in [0.1, 0.15) is 5.75 Å². The van der Waals surface area contributed by atoms with Gasteiger partial charge in [-0.05, 0) is 31.2 Å². The number of imidazole rings is 1. The number of ether oxygens (including phenoxy) is 1. The molecule has 0 radical (unpaired) electrons. The Morgan fingerprint density at radius 2 is 2.00 bits per heavy atom. The molecule has 0 atom stereocenters. The van der Waals surface area contributed by atoms with Crippen LogP contribution in [0.4, 0.5) is 0 Å². The molecule has 0 fully saturated rings. The van der Waals surface area contributed by atoms with E-state index in [0.29, 0.717) is 5.19 Å². The first-order valence-electron chi connectivity index (χ1n) is 7.69. The number of rotatable bonds is 3. The molecular weight excluding hydrogens is 433 g/mol. The number of hydrogen-bond acceptors (Lipinski definition) is 3. The number of benzene rings is 2. The van der Waals surface area contributed by atoms with Crippen LogP contribution in [-0.2, 0) is 13.6 Å². The van der Waals surface area contributed by atoms with Crippen molar-refractivity contribution in [3.63, 3.8) is 0 Å². The summed E-state index contributed by atoms with van der Waals surface area (Å²) in [4.78, 5) is 4.53. The van der Waals surface area contributed by atoms with E-state index in [2.05, 4.69) is 53.2 Å². The Kier molecular flexibility index (Phi) is 4.78. The zero-order valence-electron chi connectivity index (χ0n) is 13.8. The molecule has 0 spiro atoms. The predicted octanol–water partition coefficient (Wildman–Crippen LogP) is 1.20. The van der Waals surface area contributed by atoms with Gasteiger partial charge in [-0.25, -0.2) is 14.1 Å². The molecular formula is C18H18IN3OS. The molecule has 0 unspecified atom stereocenters. The first kappa shape index (κ1) is 17.2. The van der Waals surface area contributed by atoms with Gasteiger partial charge in [-0.2, -0.15) is 0 Å². The summed E-state index contributed by atoms with van der Waals surface area (Å²) in [5.74, 6) is 2.06. The van der Waals surface area contributed by atoms with Gasteiger partial charge in [0.05, 0.1) is 23.8 Å². The lowest BCUT2D eigenvalue weighted by molar-refractivity contribution is -0.674. The van der Waals surface area contributed by atoms with Gasteiger partial charge >= 0.3 is 0 Å². The second-order valence-electron chi connectivity index (χ2n) is 5.55. The van der Waals surface area contributed by atoms with Crippen molar-refractivity contribution in [2.24, 2.45) is 7.05 Å². The SMILES string of the molecule is CC[n+]1c(C)n(C)c2cc(Oc3nc4ccccc4s3)ccc21.[I-]. The first-order valence-corrected chi connectivity index (χ1v) is 8.51. The zero-order chi connectivity index (χ0) is 16.0. The Bertz CT molecular complexity index is 989. The van der Waals surface area contributed by atoms with Crippen LogP contribution in [0.3, 0.4) is 0 Å². The average molecular weight is 451 g/mol. The van der Waals surface area contributed by atoms with Crippen molar-refractivity contribution in [3.05, 3.63) is 48.3 Å². The second kappa shape index (κ2) is 6.68. The molecule has 2 heterocycles. The van der Waals surface area contributed by atoms with Crippen LogP contribution >= 0.6 is 11.3 Å². The number of aryl methyl sites for hydroxylation is 2. The third-order valence-corrected chi connectivity index (χ3v) is 5.19. The molecule has 124 valence electrons. The van der Waals surface area contributed by atoms with Gasteiger partial charge in [0, 0.05) is 13.0 Å². The van der Waals surface area contributed by atoms with E-state index in [-0.39, 0.29) is 24.0 Å². The first-order chi connectivity index (χ1) is 11.2. The van der Waals surface area contributed by atoms with Gasteiger partial charge in [-0.3, -0.25) is 0 Å². The Hall–Kier alpha value is -1.67. The number of nitrogens with zero attached hydrogens (tertiary/aromatic N) is 3. The van der Waals surface area contributed by atoms with E-state index in [1.54, 1.807) is 11.3 Å². The quantitative estimate of drug-likeness (QED) is 0.347. The topological polar surface area (TPSA) is 30.9 Å². The summed E-state index contributed by atoms with van der Waals surface area (Å²) in [5, 5.41) is 0.680. The highest BCUT2D eigenvalue weighted by Gasteiger charge is 2.18. The van der Waals surface area contributed by atoms with Crippen molar-refractivity contribution in [2.75, 3.05) is 0 Å². The Labute approximate surface area is 161 Å². The van der Waals surface area contributed by atoms with Crippen LogP contribution in [0, 0.1) is 6.92 Å². The maximum atomic E-state index is 5.99. The zero-order valence-corrected chi connectivity index (χ0v) is 16.8. The normalized spacial score (nSPS) is 11.0. The van der Waals surface area contributed by atoms with Crippen LogP contribution in [0.25, 0.3) is 21.3 Å². The van der Waals surface area contributed by atoms with E-state index < -0.39 is 0 Å². The lowest BCUT2D eigenvalue weighted by Crippen LogP contribution is -3.00. The fraction of sp³-hybridized carbons (Fsp3) is 0.222. The highest BCUT2D eigenvalue weighted by Crippen LogP contribution is 2.32. The summed E-state index contributed by atoms with van der Waals surface area (Å²) in [5.41, 5.74) is 3.37. The van der Waals surface area contributed by atoms with Crippen molar-refractivity contribution in [1.29, 1.82) is 0 Å². The number of thiazole rings is 1. The standard InChI is InChI=1S/C18H18N3OS.HI/c1-4-21-12(2)20(3)16-11-13(9-10-15(16)21)22-18-19-14-7-5-6-8-17(14)23-18;/h5-11H,4H2,1-3H3;1H/q+1;/p-1. The molecule has 2 aromatic heterocycles. The van der Waals surface area contributed by atoms with Crippen LogP contribution in [0.1, 0.15) is 12.7 Å². The van der Waals surface area contributed by atoms with E-state index in [1.165, 1.54) is 16.9 Å². The molecule has 4 aromatic rings. The summed E-state index contributed by atoms with van der Waals surface area (Å²) in [6.45, 7) is 5.26. The maximum absolute atomic E-state index is 5.99. The van der Waals surface area contributed by atoms with E-state index in [9.17, 15) is 0 Å². The molecule has 0 N–H and O–H groups in total. The Morgan fingerprint density at radius 1 is 1.21 bits per heavy atom. The Balaban J connectivity index is 0.00000169. The molecule has 0 saturated carbocycles. The van der Waals surface area contributed by atoms with Crippen LogP contribution in [0.15, 0.2) is 42.5 Å². The summed E-state index contributed by atoms with van der Waals surface area (Å²) < 4.78 is 11.6. The minimum Gasteiger partial charge on any atom is -1.00 e. The van der Waals surface area contributed by atoms with Gasteiger partial charge in [0.15, 0.2) is 11.0 Å². The molecule has 0 aliphatic heterocycles. The third kappa shape index (κ3) is 2.77. The Morgan fingerprint density at radius 3 is 2.75 bits per heavy atom. The van der Waals surface area contributed by atoms with Crippen LogP contribution in [0.2, 0.25) is 0 Å². The molecule has 0 saturated heterocycles. The molecule has 0 aliphatic rings. The van der Waals surface area contributed by atoms with Crippen molar-refractivity contribution in [3.8, 4) is 10.9 Å². The summed E-state index contributed by atoms with van der Waals surface area (Å²) in [7, 11) is 2.09. The fourth-order valence-corrected chi connectivity index (χ4v) is 3.82. The number of hydrogen-bond donors (Lipinski definition) is 0. The van der Waals surface area contributed by atoms with Gasteiger partial charge in [-0.1, -0.05) is 23.5 Å². The largest absolute Gasteiger partial charge is 1.00 e. The molecule has 0 bridgehead atoms. The molecule has 0 aliphatic carbocycles. The fourth-order valence-electron chi connectivity index (χ4n) is 2.99. The second-order valence-corrected chi connectivity index (χ2v) is 6.54. The lowest BCUT2D eigenvalue weighted by Gasteiger charge is -2.00. The molecule has 4 rings (SSSR count). The van der Waals surface area contributed by atoms with Gasteiger partial charge in [-0.15, -0.1) is 0 Å². The van der Waals surface area contributed by atoms with Crippen molar-refractivity contribution >= 4 is 32.6 Å². The minimum atomic E-state index is 0. The number of para-hydroxylation sites is 1. The molecule has 6 heteroatoms. The van der Waals surface area contributed by atoms with Gasteiger partial charge < -0.3 is 28.7 Å². The molecule has 0 amide bonds. The highest BCUT2D eigenvalue weighted by atomic mass is 127. The van der Waals surface area contributed by atoms with Crippen molar-refractivity contribution in [2.45, 2.75) is 20.4 Å². The van der Waals surface area contributed by atoms with Gasteiger partial charge in [0.2, 0.25) is 0 Å². The number of aromatic nitrogens is 3. The van der Waals surface area contributed by atoms with E-state index in [4.69, 9.17) is 4.74 Å². The minimum absolute atomic E-state index is 0. The molecule has 24 heavy (non-hydrogen) atoms.